The maximum atomic E-state index is 6.02. The number of nitrogens with two attached hydrogens (primary N) is 1. The molecule has 9 heteroatoms. The first-order valence-electron chi connectivity index (χ1n) is 9.55. The third kappa shape index (κ3) is 3.55. The molecule has 9 nitrogen and oxygen atoms in total. The molecule has 1 aliphatic heterocycles. The van der Waals surface area contributed by atoms with E-state index in [0.29, 0.717) is 17.7 Å². The van der Waals surface area contributed by atoms with Gasteiger partial charge >= 0.3 is 0 Å². The van der Waals surface area contributed by atoms with E-state index in [2.05, 4.69) is 20.4 Å². The number of H-pyrrole nitrogens is 1. The van der Waals surface area contributed by atoms with Crippen molar-refractivity contribution in [2.24, 2.45) is 11.7 Å². The zero-order valence-corrected chi connectivity index (χ0v) is 15.1. The molecule has 1 saturated carbocycles. The highest BCUT2D eigenvalue weighted by Gasteiger charge is 2.23. The molecule has 142 valence electrons. The molecule has 1 aliphatic carbocycles. The van der Waals surface area contributed by atoms with Gasteiger partial charge in [0.05, 0.1) is 6.61 Å². The molecule has 27 heavy (non-hydrogen) atoms. The van der Waals surface area contributed by atoms with Crippen molar-refractivity contribution in [2.45, 2.75) is 31.7 Å². The fourth-order valence-electron chi connectivity index (χ4n) is 3.30. The van der Waals surface area contributed by atoms with Gasteiger partial charge in [-0.05, 0) is 43.7 Å². The second-order valence-electron chi connectivity index (χ2n) is 7.41. The zero-order chi connectivity index (χ0) is 18.2. The van der Waals surface area contributed by atoms with Gasteiger partial charge in [0, 0.05) is 31.4 Å². The number of aromatic amines is 1. The Morgan fingerprint density at radius 3 is 2.89 bits per heavy atom. The Balaban J connectivity index is 1.37. The molecule has 1 saturated heterocycles. The molecule has 2 fully saturated rings. The van der Waals surface area contributed by atoms with Crippen LogP contribution in [0.4, 0.5) is 17.7 Å². The lowest BCUT2D eigenvalue weighted by Gasteiger charge is -2.30. The average Bonchev–Trinajstić information content (AvgIpc) is 3.19. The van der Waals surface area contributed by atoms with Gasteiger partial charge in [0.1, 0.15) is 11.5 Å². The molecule has 3 aromatic heterocycles. The summed E-state index contributed by atoms with van der Waals surface area (Å²) in [4.78, 5) is 11.6. The molecule has 0 amide bonds. The van der Waals surface area contributed by atoms with Crippen molar-refractivity contribution in [3.63, 3.8) is 0 Å². The van der Waals surface area contributed by atoms with Gasteiger partial charge in [-0.1, -0.05) is 0 Å². The van der Waals surface area contributed by atoms with Crippen LogP contribution in [0.15, 0.2) is 24.4 Å². The highest BCUT2D eigenvalue weighted by molar-refractivity contribution is 5.57. The van der Waals surface area contributed by atoms with E-state index in [4.69, 9.17) is 20.4 Å². The molecule has 5 rings (SSSR count). The monoisotopic (exact) mass is 368 g/mol. The minimum absolute atomic E-state index is 0.273. The molecule has 0 unspecified atom stereocenters. The molecular formula is C18H24N8O. The third-order valence-corrected chi connectivity index (χ3v) is 5.16. The van der Waals surface area contributed by atoms with Crippen LogP contribution in [-0.4, -0.2) is 50.3 Å². The molecular weight excluding hydrogens is 344 g/mol. The van der Waals surface area contributed by atoms with E-state index in [-0.39, 0.29) is 6.04 Å². The highest BCUT2D eigenvalue weighted by atomic mass is 16.5. The third-order valence-electron chi connectivity index (χ3n) is 5.16. The number of hydrogen-bond donors (Lipinski definition) is 3. The van der Waals surface area contributed by atoms with E-state index >= 15 is 0 Å². The van der Waals surface area contributed by atoms with Crippen LogP contribution in [0.25, 0.3) is 5.65 Å². The SMILES string of the molecule is NC1CCN(c2nc(Nc3cc(OCC4CC4)n[nH]3)n3cccc3n2)CC1. The van der Waals surface area contributed by atoms with Crippen molar-refractivity contribution >= 4 is 23.4 Å². The second kappa shape index (κ2) is 6.73. The minimum Gasteiger partial charge on any atom is -0.476 e. The van der Waals surface area contributed by atoms with Gasteiger partial charge in [0.2, 0.25) is 17.8 Å². The maximum absolute atomic E-state index is 6.02. The smallest absolute Gasteiger partial charge is 0.234 e. The lowest BCUT2D eigenvalue weighted by Crippen LogP contribution is -2.40. The van der Waals surface area contributed by atoms with Crippen LogP contribution in [0.5, 0.6) is 5.88 Å². The lowest BCUT2D eigenvalue weighted by atomic mass is 10.1. The van der Waals surface area contributed by atoms with Gasteiger partial charge in [-0.25, -0.2) is 0 Å². The Bertz CT molecular complexity index is 922. The van der Waals surface area contributed by atoms with Crippen LogP contribution >= 0.6 is 0 Å². The molecule has 0 atom stereocenters. The molecule has 0 bridgehead atoms. The summed E-state index contributed by atoms with van der Waals surface area (Å²) >= 11 is 0. The van der Waals surface area contributed by atoms with Gasteiger partial charge in [0.25, 0.3) is 0 Å². The van der Waals surface area contributed by atoms with E-state index in [9.17, 15) is 0 Å². The first kappa shape index (κ1) is 16.4. The van der Waals surface area contributed by atoms with Gasteiger partial charge in [-0.3, -0.25) is 9.50 Å². The van der Waals surface area contributed by atoms with Crippen LogP contribution in [0.3, 0.4) is 0 Å². The number of hydrogen-bond acceptors (Lipinski definition) is 7. The van der Waals surface area contributed by atoms with Crippen LogP contribution < -0.4 is 20.7 Å². The summed E-state index contributed by atoms with van der Waals surface area (Å²) in [7, 11) is 0. The lowest BCUT2D eigenvalue weighted by molar-refractivity contribution is 0.288. The van der Waals surface area contributed by atoms with Crippen molar-refractivity contribution in [2.75, 3.05) is 29.9 Å². The Morgan fingerprint density at radius 1 is 1.22 bits per heavy atom. The second-order valence-corrected chi connectivity index (χ2v) is 7.41. The molecule has 0 radical (unpaired) electrons. The number of aromatic nitrogens is 5. The standard InChI is InChI=1S/C18H24N8O/c19-13-5-8-25(9-6-13)17-21-15-2-1-7-26(15)18(22-17)20-14-10-16(24-23-14)27-11-12-3-4-12/h1-2,7,10,12-13H,3-6,8-9,11,19H2,(H2,20,21,22,23,24). The minimum atomic E-state index is 0.273. The Labute approximate surface area is 156 Å². The van der Waals surface area contributed by atoms with Gasteiger partial charge in [-0.2, -0.15) is 9.97 Å². The first-order chi connectivity index (χ1) is 13.2. The fraction of sp³-hybridized carbons (Fsp3) is 0.500. The zero-order valence-electron chi connectivity index (χ0n) is 15.1. The fourth-order valence-corrected chi connectivity index (χ4v) is 3.30. The maximum Gasteiger partial charge on any atom is 0.234 e. The summed E-state index contributed by atoms with van der Waals surface area (Å²) in [6.45, 7) is 2.49. The number of fused-ring (bicyclic) bond motifs is 1. The predicted octanol–water partition coefficient (Wildman–Crippen LogP) is 1.91. The van der Waals surface area contributed by atoms with E-state index in [1.807, 2.05) is 28.8 Å². The van der Waals surface area contributed by atoms with E-state index < -0.39 is 0 Å². The summed E-state index contributed by atoms with van der Waals surface area (Å²) < 4.78 is 7.63. The highest BCUT2D eigenvalue weighted by Crippen LogP contribution is 2.29. The van der Waals surface area contributed by atoms with Crippen molar-refractivity contribution in [1.29, 1.82) is 0 Å². The van der Waals surface area contributed by atoms with Gasteiger partial charge < -0.3 is 20.7 Å². The molecule has 3 aromatic rings. The van der Waals surface area contributed by atoms with Crippen molar-refractivity contribution in [3.05, 3.63) is 24.4 Å². The predicted molar refractivity (Wildman–Crippen MR) is 102 cm³/mol. The normalized spacial score (nSPS) is 18.2. The van der Waals surface area contributed by atoms with Crippen LogP contribution in [0.2, 0.25) is 0 Å². The van der Waals surface area contributed by atoms with E-state index in [0.717, 1.165) is 50.0 Å². The number of piperidine rings is 1. The van der Waals surface area contributed by atoms with E-state index in [1.165, 1.54) is 12.8 Å². The van der Waals surface area contributed by atoms with Gasteiger partial charge in [-0.15, -0.1) is 5.10 Å². The molecule has 4 heterocycles. The topological polar surface area (TPSA) is 109 Å². The van der Waals surface area contributed by atoms with Crippen LogP contribution in [0.1, 0.15) is 25.7 Å². The summed E-state index contributed by atoms with van der Waals surface area (Å²) in [6, 6.07) is 6.07. The molecule has 0 aromatic carbocycles. The van der Waals surface area contributed by atoms with Crippen molar-refractivity contribution in [1.82, 2.24) is 24.6 Å². The van der Waals surface area contributed by atoms with Crippen LogP contribution in [-0.2, 0) is 0 Å². The number of anilines is 3. The Morgan fingerprint density at radius 2 is 2.07 bits per heavy atom. The largest absolute Gasteiger partial charge is 0.476 e. The molecule has 0 spiro atoms. The average molecular weight is 368 g/mol. The quantitative estimate of drug-likeness (QED) is 0.610. The molecule has 4 N–H and O–H groups in total. The van der Waals surface area contributed by atoms with Gasteiger partial charge in [0.15, 0.2) is 0 Å². The van der Waals surface area contributed by atoms with Crippen molar-refractivity contribution < 1.29 is 4.74 Å². The number of rotatable bonds is 6. The van der Waals surface area contributed by atoms with E-state index in [1.54, 1.807) is 0 Å². The number of nitrogens with zero attached hydrogens (tertiary/aromatic N) is 5. The number of ether oxygens (including phenoxy) is 1. The Kier molecular flexibility index (Phi) is 4.08. The summed E-state index contributed by atoms with van der Waals surface area (Å²) in [5, 5.41) is 10.5. The van der Waals surface area contributed by atoms with Crippen molar-refractivity contribution in [3.8, 4) is 5.88 Å². The van der Waals surface area contributed by atoms with Crippen LogP contribution in [0, 0.1) is 5.92 Å². The number of nitrogens with one attached hydrogen (secondary N) is 2. The summed E-state index contributed by atoms with van der Waals surface area (Å²) in [5.74, 6) is 3.45. The summed E-state index contributed by atoms with van der Waals surface area (Å²) in [6.07, 6.45) is 6.37. The first-order valence-corrected chi connectivity index (χ1v) is 9.55. The Hall–Kier alpha value is -2.81. The summed E-state index contributed by atoms with van der Waals surface area (Å²) in [5.41, 5.74) is 6.87. The molecule has 2 aliphatic rings.